The summed E-state index contributed by atoms with van der Waals surface area (Å²) >= 11 is 0. The van der Waals surface area contributed by atoms with Crippen LogP contribution >= 0.6 is 0 Å². The lowest BCUT2D eigenvalue weighted by molar-refractivity contribution is -0.137. The highest BCUT2D eigenvalue weighted by atomic mass is 16.5. The number of rotatable bonds is 5. The first-order chi connectivity index (χ1) is 8.60. The van der Waals surface area contributed by atoms with Crippen LogP contribution in [0.3, 0.4) is 0 Å². The van der Waals surface area contributed by atoms with Crippen molar-refractivity contribution in [2.75, 3.05) is 6.61 Å². The van der Waals surface area contributed by atoms with E-state index in [1.54, 1.807) is 0 Å². The van der Waals surface area contributed by atoms with E-state index in [-0.39, 0.29) is 5.97 Å². The Kier molecular flexibility index (Phi) is 8.55. The van der Waals surface area contributed by atoms with Crippen LogP contribution in [0.25, 0.3) is 0 Å². The van der Waals surface area contributed by atoms with E-state index < -0.39 is 5.97 Å². The van der Waals surface area contributed by atoms with Gasteiger partial charge in [0.25, 0.3) is 0 Å². The molecule has 0 spiro atoms. The Morgan fingerprint density at radius 2 is 1.72 bits per heavy atom. The fourth-order valence-corrected chi connectivity index (χ4v) is 0.973. The Morgan fingerprint density at radius 3 is 2.17 bits per heavy atom. The largest absolute Gasteiger partial charge is 0.478 e. The second-order valence-electron chi connectivity index (χ2n) is 3.15. The Morgan fingerprint density at radius 1 is 1.17 bits per heavy atom. The van der Waals surface area contributed by atoms with Crippen molar-refractivity contribution in [2.45, 2.75) is 6.42 Å². The van der Waals surface area contributed by atoms with Gasteiger partial charge in [0.05, 0.1) is 6.61 Å². The molecule has 0 aliphatic carbocycles. The molecule has 0 unspecified atom stereocenters. The van der Waals surface area contributed by atoms with E-state index in [0.29, 0.717) is 6.61 Å². The van der Waals surface area contributed by atoms with E-state index in [9.17, 15) is 9.59 Å². The van der Waals surface area contributed by atoms with E-state index in [1.807, 2.05) is 30.3 Å². The van der Waals surface area contributed by atoms with Gasteiger partial charge in [-0.3, -0.25) is 0 Å². The van der Waals surface area contributed by atoms with Crippen LogP contribution in [0.4, 0.5) is 0 Å². The number of carbonyl (C=O) groups is 2. The van der Waals surface area contributed by atoms with Gasteiger partial charge in [0, 0.05) is 18.6 Å². The van der Waals surface area contributed by atoms with Gasteiger partial charge in [-0.1, -0.05) is 43.5 Å². The number of hydrogen-bond donors (Lipinski definition) is 1. The fourth-order valence-electron chi connectivity index (χ4n) is 0.973. The zero-order chi connectivity index (χ0) is 13.8. The molecular weight excluding hydrogens is 232 g/mol. The SMILES string of the molecule is C=CC(=O)O.C=CC(=O)OCCc1ccccc1. The topological polar surface area (TPSA) is 63.6 Å². The summed E-state index contributed by atoms with van der Waals surface area (Å²) in [5, 5.41) is 7.60. The third-order valence-electron chi connectivity index (χ3n) is 1.82. The summed E-state index contributed by atoms with van der Waals surface area (Å²) in [6.07, 6.45) is 2.76. The van der Waals surface area contributed by atoms with Crippen molar-refractivity contribution in [3.63, 3.8) is 0 Å². The van der Waals surface area contributed by atoms with E-state index in [1.165, 1.54) is 11.6 Å². The van der Waals surface area contributed by atoms with Crippen molar-refractivity contribution in [1.29, 1.82) is 0 Å². The van der Waals surface area contributed by atoms with Crippen molar-refractivity contribution in [3.8, 4) is 0 Å². The number of esters is 1. The van der Waals surface area contributed by atoms with Gasteiger partial charge < -0.3 is 9.84 Å². The smallest absolute Gasteiger partial charge is 0.330 e. The Hall–Kier alpha value is -2.36. The molecule has 1 aromatic carbocycles. The van der Waals surface area contributed by atoms with Gasteiger partial charge in [-0.2, -0.15) is 0 Å². The van der Waals surface area contributed by atoms with Gasteiger partial charge in [0.2, 0.25) is 0 Å². The predicted molar refractivity (Wildman–Crippen MR) is 69.1 cm³/mol. The number of benzene rings is 1. The summed E-state index contributed by atoms with van der Waals surface area (Å²) in [7, 11) is 0. The third kappa shape index (κ3) is 8.91. The minimum absolute atomic E-state index is 0.365. The number of carboxylic acid groups (broad SMARTS) is 1. The van der Waals surface area contributed by atoms with Crippen LogP contribution in [0.2, 0.25) is 0 Å². The first-order valence-corrected chi connectivity index (χ1v) is 5.28. The van der Waals surface area contributed by atoms with Crippen LogP contribution in [-0.2, 0) is 20.7 Å². The summed E-state index contributed by atoms with van der Waals surface area (Å²) in [6.45, 7) is 6.68. The lowest BCUT2D eigenvalue weighted by Crippen LogP contribution is -2.04. The first-order valence-electron chi connectivity index (χ1n) is 5.28. The zero-order valence-corrected chi connectivity index (χ0v) is 10.0. The van der Waals surface area contributed by atoms with Gasteiger partial charge in [-0.25, -0.2) is 9.59 Å². The molecule has 18 heavy (non-hydrogen) atoms. The standard InChI is InChI=1S/C11H12O2.C3H4O2/c1-2-11(12)13-9-8-10-6-4-3-5-7-10;1-2-3(4)5/h2-7H,1,8-9H2;2H,1H2,(H,4,5). The fraction of sp³-hybridized carbons (Fsp3) is 0.143. The molecule has 0 saturated heterocycles. The lowest BCUT2D eigenvalue weighted by Gasteiger charge is -2.01. The molecule has 0 amide bonds. The highest BCUT2D eigenvalue weighted by Gasteiger charge is 1.95. The third-order valence-corrected chi connectivity index (χ3v) is 1.82. The lowest BCUT2D eigenvalue weighted by atomic mass is 10.2. The minimum atomic E-state index is -0.981. The monoisotopic (exact) mass is 248 g/mol. The predicted octanol–water partition coefficient (Wildman–Crippen LogP) is 2.22. The molecule has 1 rings (SSSR count). The van der Waals surface area contributed by atoms with Gasteiger partial charge in [-0.05, 0) is 5.56 Å². The molecule has 0 fully saturated rings. The Balaban J connectivity index is 0.000000494. The van der Waals surface area contributed by atoms with Gasteiger partial charge >= 0.3 is 11.9 Å². The number of carboxylic acids is 1. The van der Waals surface area contributed by atoms with E-state index >= 15 is 0 Å². The molecule has 0 bridgehead atoms. The summed E-state index contributed by atoms with van der Waals surface area (Å²) in [5.74, 6) is -1.35. The molecule has 4 heteroatoms. The van der Waals surface area contributed by atoms with Crippen LogP contribution in [-0.4, -0.2) is 23.7 Å². The maximum Gasteiger partial charge on any atom is 0.330 e. The van der Waals surface area contributed by atoms with Crippen LogP contribution in [0, 0.1) is 0 Å². The number of ether oxygens (including phenoxy) is 1. The van der Waals surface area contributed by atoms with Gasteiger partial charge in [-0.15, -0.1) is 0 Å². The van der Waals surface area contributed by atoms with E-state index in [0.717, 1.165) is 12.5 Å². The molecule has 0 saturated carbocycles. The maximum absolute atomic E-state index is 10.7. The number of aliphatic carboxylic acids is 1. The maximum atomic E-state index is 10.7. The summed E-state index contributed by atoms with van der Waals surface area (Å²) in [4.78, 5) is 19.9. The van der Waals surface area contributed by atoms with E-state index in [2.05, 4.69) is 13.2 Å². The van der Waals surface area contributed by atoms with Crippen LogP contribution < -0.4 is 0 Å². The molecule has 0 atom stereocenters. The second-order valence-corrected chi connectivity index (χ2v) is 3.15. The van der Waals surface area contributed by atoms with Gasteiger partial charge in [0.15, 0.2) is 0 Å². The zero-order valence-electron chi connectivity index (χ0n) is 10.0. The second kappa shape index (κ2) is 9.84. The molecule has 0 aliphatic rings. The van der Waals surface area contributed by atoms with Crippen molar-refractivity contribution in [3.05, 3.63) is 61.2 Å². The highest BCUT2D eigenvalue weighted by Crippen LogP contribution is 1.99. The Labute approximate surface area is 106 Å². The molecule has 96 valence electrons. The Bertz CT molecular complexity index is 396. The quantitative estimate of drug-likeness (QED) is 0.641. The molecule has 1 N–H and O–H groups in total. The van der Waals surface area contributed by atoms with E-state index in [4.69, 9.17) is 9.84 Å². The first kappa shape index (κ1) is 15.6. The van der Waals surface area contributed by atoms with Crippen LogP contribution in [0.1, 0.15) is 5.56 Å². The summed E-state index contributed by atoms with van der Waals surface area (Å²) < 4.78 is 4.84. The van der Waals surface area contributed by atoms with Gasteiger partial charge in [0.1, 0.15) is 0 Å². The average Bonchev–Trinajstić information content (AvgIpc) is 2.40. The average molecular weight is 248 g/mol. The molecule has 4 nitrogen and oxygen atoms in total. The van der Waals surface area contributed by atoms with Crippen molar-refractivity contribution >= 4 is 11.9 Å². The summed E-state index contributed by atoms with van der Waals surface area (Å²) in [6, 6.07) is 9.89. The molecule has 0 heterocycles. The highest BCUT2D eigenvalue weighted by molar-refractivity contribution is 5.81. The minimum Gasteiger partial charge on any atom is -0.478 e. The molecule has 0 aliphatic heterocycles. The number of hydrogen-bond acceptors (Lipinski definition) is 3. The molecule has 0 aromatic heterocycles. The summed E-state index contributed by atoms with van der Waals surface area (Å²) in [5.41, 5.74) is 1.17. The molecule has 1 aromatic rings. The molecule has 0 radical (unpaired) electrons. The normalized spacial score (nSPS) is 8.44. The van der Waals surface area contributed by atoms with Crippen LogP contribution in [0.15, 0.2) is 55.6 Å². The van der Waals surface area contributed by atoms with Crippen molar-refractivity contribution < 1.29 is 19.4 Å². The van der Waals surface area contributed by atoms with Crippen molar-refractivity contribution in [1.82, 2.24) is 0 Å². The van der Waals surface area contributed by atoms with Crippen LogP contribution in [0.5, 0.6) is 0 Å². The molecular formula is C14H16O4. The number of carbonyl (C=O) groups excluding carboxylic acids is 1. The van der Waals surface area contributed by atoms with Crippen molar-refractivity contribution in [2.24, 2.45) is 0 Å².